The van der Waals surface area contributed by atoms with Crippen LogP contribution in [0.2, 0.25) is 0 Å². The van der Waals surface area contributed by atoms with Gasteiger partial charge >= 0.3 is 0 Å². The minimum absolute atomic E-state index is 0.0793. The van der Waals surface area contributed by atoms with Crippen LogP contribution in [0.25, 0.3) is 26.9 Å². The summed E-state index contributed by atoms with van der Waals surface area (Å²) in [6, 6.07) is 15.2. The summed E-state index contributed by atoms with van der Waals surface area (Å²) in [5.74, 6) is 0.736. The average Bonchev–Trinajstić information content (AvgIpc) is 3.54. The highest BCUT2D eigenvalue weighted by Crippen LogP contribution is 2.35. The molecule has 6 nitrogen and oxygen atoms in total. The molecule has 0 aliphatic heterocycles. The summed E-state index contributed by atoms with van der Waals surface area (Å²) in [4.78, 5) is 21.1. The van der Waals surface area contributed by atoms with Gasteiger partial charge in [-0.25, -0.2) is 9.83 Å². The number of rotatable bonds is 4. The summed E-state index contributed by atoms with van der Waals surface area (Å²) in [5, 5.41) is 10.0. The summed E-state index contributed by atoms with van der Waals surface area (Å²) in [6.07, 6.45) is 1.86. The summed E-state index contributed by atoms with van der Waals surface area (Å²) in [6.45, 7) is 7.29. The molecule has 1 aliphatic carbocycles. The number of para-hydroxylation sites is 2. The SMILES string of the molecule is [C-]#[N+]c1ccccc1CSc1nnc2c3ccccc3n(C(=O)C3CC3)c2n1. The Morgan fingerprint density at radius 1 is 1.14 bits per heavy atom. The second-order valence-corrected chi connectivity index (χ2v) is 7.70. The monoisotopic (exact) mass is 385 g/mol. The van der Waals surface area contributed by atoms with E-state index in [1.54, 1.807) is 10.6 Å². The number of fused-ring (bicyclic) bond motifs is 3. The lowest BCUT2D eigenvalue weighted by Gasteiger charge is -2.05. The normalized spacial score (nSPS) is 13.7. The second-order valence-electron chi connectivity index (χ2n) is 6.76. The van der Waals surface area contributed by atoms with Crippen LogP contribution >= 0.6 is 11.8 Å². The predicted molar refractivity (Wildman–Crippen MR) is 108 cm³/mol. The lowest BCUT2D eigenvalue weighted by Crippen LogP contribution is -2.13. The Labute approximate surface area is 165 Å². The van der Waals surface area contributed by atoms with Crippen molar-refractivity contribution in [3.63, 3.8) is 0 Å². The van der Waals surface area contributed by atoms with Crippen LogP contribution < -0.4 is 0 Å². The lowest BCUT2D eigenvalue weighted by atomic mass is 10.2. The zero-order chi connectivity index (χ0) is 19.1. The van der Waals surface area contributed by atoms with E-state index in [1.165, 1.54) is 11.8 Å². The van der Waals surface area contributed by atoms with Crippen molar-refractivity contribution < 1.29 is 4.79 Å². The number of hydrogen-bond donors (Lipinski definition) is 0. The van der Waals surface area contributed by atoms with Crippen LogP contribution in [-0.2, 0) is 5.75 Å². The molecule has 2 aromatic carbocycles. The molecular weight excluding hydrogens is 370 g/mol. The maximum absolute atomic E-state index is 12.9. The lowest BCUT2D eigenvalue weighted by molar-refractivity contribution is 0.0896. The maximum Gasteiger partial charge on any atom is 0.235 e. The standard InChI is InChI=1S/C21H15N5OS/c1-22-16-8-4-2-6-14(16)12-28-21-23-19-18(24-25-21)15-7-3-5-9-17(15)26(19)20(27)13-10-11-13/h2-9,13H,10-12H2. The first-order valence-electron chi connectivity index (χ1n) is 9.02. The number of carbonyl (C=O) groups is 1. The van der Waals surface area contributed by atoms with Gasteiger partial charge in [0.15, 0.2) is 11.3 Å². The van der Waals surface area contributed by atoms with E-state index in [0.29, 0.717) is 27.8 Å². The smallest absolute Gasteiger partial charge is 0.235 e. The van der Waals surface area contributed by atoms with Gasteiger partial charge in [0, 0.05) is 17.1 Å². The maximum atomic E-state index is 12.9. The fraction of sp³-hybridized carbons (Fsp3) is 0.190. The topological polar surface area (TPSA) is 65.0 Å². The van der Waals surface area contributed by atoms with Crippen LogP contribution in [0.4, 0.5) is 5.69 Å². The minimum Gasteiger partial charge on any atom is -0.274 e. The van der Waals surface area contributed by atoms with E-state index in [4.69, 9.17) is 6.57 Å². The van der Waals surface area contributed by atoms with E-state index in [9.17, 15) is 4.79 Å². The van der Waals surface area contributed by atoms with Crippen molar-refractivity contribution in [3.8, 4) is 0 Å². The van der Waals surface area contributed by atoms with Crippen LogP contribution in [0.15, 0.2) is 53.7 Å². The Morgan fingerprint density at radius 3 is 2.75 bits per heavy atom. The fourth-order valence-electron chi connectivity index (χ4n) is 3.30. The van der Waals surface area contributed by atoms with Gasteiger partial charge in [-0.3, -0.25) is 9.36 Å². The van der Waals surface area contributed by atoms with E-state index in [0.717, 1.165) is 29.3 Å². The molecule has 0 bridgehead atoms. The van der Waals surface area contributed by atoms with E-state index in [-0.39, 0.29) is 11.8 Å². The van der Waals surface area contributed by atoms with Gasteiger partial charge in [0.2, 0.25) is 11.1 Å². The molecule has 0 radical (unpaired) electrons. The van der Waals surface area contributed by atoms with Crippen molar-refractivity contribution in [1.29, 1.82) is 0 Å². The quantitative estimate of drug-likeness (QED) is 0.370. The third kappa shape index (κ3) is 2.83. The number of thioether (sulfide) groups is 1. The molecule has 0 spiro atoms. The zero-order valence-corrected chi connectivity index (χ0v) is 15.7. The molecule has 2 heterocycles. The van der Waals surface area contributed by atoms with Crippen molar-refractivity contribution in [2.45, 2.75) is 23.8 Å². The molecule has 0 atom stereocenters. The largest absolute Gasteiger partial charge is 0.274 e. The molecule has 4 aromatic rings. The first-order chi connectivity index (χ1) is 13.8. The molecule has 1 saturated carbocycles. The van der Waals surface area contributed by atoms with Gasteiger partial charge < -0.3 is 0 Å². The predicted octanol–water partition coefficient (Wildman–Crippen LogP) is 4.87. The number of carbonyl (C=O) groups excluding carboxylic acids is 1. The van der Waals surface area contributed by atoms with E-state index in [2.05, 4.69) is 20.0 Å². The molecule has 0 unspecified atom stereocenters. The van der Waals surface area contributed by atoms with Gasteiger partial charge in [0.05, 0.1) is 12.1 Å². The first kappa shape index (κ1) is 16.9. The summed E-state index contributed by atoms with van der Waals surface area (Å²) in [5.41, 5.74) is 3.60. The minimum atomic E-state index is 0.0793. The van der Waals surface area contributed by atoms with Crippen molar-refractivity contribution in [2.75, 3.05) is 0 Å². The van der Waals surface area contributed by atoms with Crippen molar-refractivity contribution in [1.82, 2.24) is 19.7 Å². The number of nitrogens with zero attached hydrogens (tertiary/aromatic N) is 5. The molecule has 0 amide bonds. The van der Waals surface area contributed by atoms with Gasteiger partial charge in [-0.15, -0.1) is 10.2 Å². The van der Waals surface area contributed by atoms with Crippen LogP contribution in [0.5, 0.6) is 0 Å². The van der Waals surface area contributed by atoms with Gasteiger partial charge in [-0.05, 0) is 24.5 Å². The van der Waals surface area contributed by atoms with Crippen molar-refractivity contribution >= 4 is 45.4 Å². The summed E-state index contributed by atoms with van der Waals surface area (Å²) < 4.78 is 1.70. The van der Waals surface area contributed by atoms with Crippen LogP contribution in [-0.4, -0.2) is 25.7 Å². The molecular formula is C21H15N5OS. The Bertz CT molecular complexity index is 1270. The molecule has 5 rings (SSSR count). The highest BCUT2D eigenvalue weighted by Gasteiger charge is 2.33. The summed E-state index contributed by atoms with van der Waals surface area (Å²) in [7, 11) is 0. The van der Waals surface area contributed by atoms with Gasteiger partial charge in [-0.2, -0.15) is 0 Å². The van der Waals surface area contributed by atoms with Gasteiger partial charge in [0.1, 0.15) is 5.52 Å². The molecule has 2 aromatic heterocycles. The Morgan fingerprint density at radius 2 is 1.93 bits per heavy atom. The van der Waals surface area contributed by atoms with E-state index in [1.807, 2.05) is 42.5 Å². The van der Waals surface area contributed by atoms with Crippen LogP contribution in [0.1, 0.15) is 23.2 Å². The molecule has 136 valence electrons. The number of aromatic nitrogens is 4. The van der Waals surface area contributed by atoms with E-state index < -0.39 is 0 Å². The number of benzene rings is 2. The third-order valence-corrected chi connectivity index (χ3v) is 5.76. The van der Waals surface area contributed by atoms with Gasteiger partial charge in [0.25, 0.3) is 0 Å². The molecule has 0 N–H and O–H groups in total. The highest BCUT2D eigenvalue weighted by molar-refractivity contribution is 7.98. The molecule has 28 heavy (non-hydrogen) atoms. The van der Waals surface area contributed by atoms with Crippen LogP contribution in [0, 0.1) is 12.5 Å². The summed E-state index contributed by atoms with van der Waals surface area (Å²) >= 11 is 1.42. The molecule has 1 fully saturated rings. The fourth-order valence-corrected chi connectivity index (χ4v) is 4.08. The Hall–Kier alpha value is -3.24. The average molecular weight is 385 g/mol. The second kappa shape index (κ2) is 6.73. The van der Waals surface area contributed by atoms with Crippen molar-refractivity contribution in [2.24, 2.45) is 5.92 Å². The number of hydrogen-bond acceptors (Lipinski definition) is 5. The first-order valence-corrected chi connectivity index (χ1v) is 10.0. The van der Waals surface area contributed by atoms with E-state index >= 15 is 0 Å². The molecule has 7 heteroatoms. The Kier molecular flexibility index (Phi) is 4.06. The molecule has 1 aliphatic rings. The third-order valence-electron chi connectivity index (χ3n) is 4.88. The Balaban J connectivity index is 1.57. The highest BCUT2D eigenvalue weighted by atomic mass is 32.2. The molecule has 0 saturated heterocycles. The van der Waals surface area contributed by atoms with Crippen LogP contribution in [0.3, 0.4) is 0 Å². The van der Waals surface area contributed by atoms with Gasteiger partial charge in [-0.1, -0.05) is 54.2 Å². The van der Waals surface area contributed by atoms with Crippen molar-refractivity contribution in [3.05, 3.63) is 65.5 Å². The zero-order valence-electron chi connectivity index (χ0n) is 14.9.